The number of rotatable bonds is 4. The topological polar surface area (TPSA) is 24.9 Å². The van der Waals surface area contributed by atoms with Crippen LogP contribution in [-0.4, -0.2) is 11.5 Å². The van der Waals surface area contributed by atoms with E-state index in [4.69, 9.17) is 4.98 Å². The van der Waals surface area contributed by atoms with Crippen LogP contribution in [0.5, 0.6) is 0 Å². The number of thiazole rings is 1. The van der Waals surface area contributed by atoms with Gasteiger partial charge in [-0.1, -0.05) is 34.6 Å². The third-order valence-electron chi connectivity index (χ3n) is 4.24. The van der Waals surface area contributed by atoms with E-state index in [1.54, 1.807) is 0 Å². The van der Waals surface area contributed by atoms with Gasteiger partial charge in [-0.15, -0.1) is 11.3 Å². The first-order valence-electron chi connectivity index (χ1n) is 7.67. The van der Waals surface area contributed by atoms with E-state index in [0.29, 0.717) is 5.92 Å². The summed E-state index contributed by atoms with van der Waals surface area (Å²) in [7, 11) is 0. The van der Waals surface area contributed by atoms with Crippen LogP contribution in [0.1, 0.15) is 70.5 Å². The van der Waals surface area contributed by atoms with Crippen molar-refractivity contribution in [1.29, 1.82) is 0 Å². The molecule has 0 spiro atoms. The minimum Gasteiger partial charge on any atom is -0.306 e. The van der Waals surface area contributed by atoms with Gasteiger partial charge in [-0.05, 0) is 43.6 Å². The number of hydrogen-bond donors (Lipinski definition) is 1. The van der Waals surface area contributed by atoms with E-state index >= 15 is 0 Å². The third-order valence-corrected chi connectivity index (χ3v) is 5.30. The molecule has 2 nitrogen and oxygen atoms in total. The van der Waals surface area contributed by atoms with Gasteiger partial charge in [0.15, 0.2) is 0 Å². The molecule has 1 heterocycles. The Labute approximate surface area is 122 Å². The summed E-state index contributed by atoms with van der Waals surface area (Å²) in [4.78, 5) is 4.95. The zero-order valence-electron chi connectivity index (χ0n) is 13.0. The molecule has 1 aliphatic rings. The molecule has 1 fully saturated rings. The molecule has 0 aromatic carbocycles. The zero-order valence-corrected chi connectivity index (χ0v) is 13.8. The lowest BCUT2D eigenvalue weighted by molar-refractivity contribution is 0.145. The average Bonchev–Trinajstić information content (AvgIpc) is 2.77. The van der Waals surface area contributed by atoms with Crippen molar-refractivity contribution in [1.82, 2.24) is 10.3 Å². The Morgan fingerprint density at radius 3 is 2.47 bits per heavy atom. The quantitative estimate of drug-likeness (QED) is 0.876. The highest BCUT2D eigenvalue weighted by Crippen LogP contribution is 2.43. The van der Waals surface area contributed by atoms with Gasteiger partial charge in [0.05, 0.1) is 11.2 Å². The summed E-state index contributed by atoms with van der Waals surface area (Å²) >= 11 is 1.85. The maximum atomic E-state index is 4.95. The molecule has 1 aromatic heterocycles. The van der Waals surface area contributed by atoms with Gasteiger partial charge in [0.25, 0.3) is 0 Å². The summed E-state index contributed by atoms with van der Waals surface area (Å²) in [6.45, 7) is 12.5. The Balaban J connectivity index is 2.31. The van der Waals surface area contributed by atoms with Crippen molar-refractivity contribution in [3.8, 4) is 0 Å². The number of hydrogen-bond acceptors (Lipinski definition) is 3. The van der Waals surface area contributed by atoms with E-state index in [9.17, 15) is 0 Å². The molecule has 1 aromatic rings. The maximum absolute atomic E-state index is 4.95. The Morgan fingerprint density at radius 1 is 1.37 bits per heavy atom. The summed E-state index contributed by atoms with van der Waals surface area (Å²) in [5.74, 6) is 2.10. The lowest BCUT2D eigenvalue weighted by Crippen LogP contribution is -2.47. The second-order valence-corrected chi connectivity index (χ2v) is 7.56. The van der Waals surface area contributed by atoms with Crippen LogP contribution in [0.3, 0.4) is 0 Å². The molecule has 0 bridgehead atoms. The molecule has 0 amide bonds. The minimum atomic E-state index is 0.129. The van der Waals surface area contributed by atoms with E-state index in [1.807, 2.05) is 11.3 Å². The van der Waals surface area contributed by atoms with Gasteiger partial charge in [-0.3, -0.25) is 0 Å². The smallest absolute Gasteiger partial charge is 0.113 e. The monoisotopic (exact) mass is 280 g/mol. The fourth-order valence-electron chi connectivity index (χ4n) is 3.63. The van der Waals surface area contributed by atoms with Crippen molar-refractivity contribution in [3.05, 3.63) is 16.1 Å². The number of nitrogens with one attached hydrogen (secondary N) is 1. The van der Waals surface area contributed by atoms with Crippen LogP contribution >= 0.6 is 11.3 Å². The summed E-state index contributed by atoms with van der Waals surface area (Å²) in [6, 6.07) is 0. The molecule has 1 saturated carbocycles. The average molecular weight is 280 g/mol. The van der Waals surface area contributed by atoms with E-state index < -0.39 is 0 Å². The molecule has 108 valence electrons. The van der Waals surface area contributed by atoms with Crippen LogP contribution in [0.2, 0.25) is 0 Å². The predicted molar refractivity (Wildman–Crippen MR) is 83.7 cm³/mol. The SMILES string of the molecule is CCNC1(c2nc(C(C)C)cs2)CC(C)CC(C)C1. The van der Waals surface area contributed by atoms with Gasteiger partial charge < -0.3 is 5.32 Å². The number of nitrogens with zero attached hydrogens (tertiary/aromatic N) is 1. The first kappa shape index (κ1) is 15.0. The second kappa shape index (κ2) is 5.92. The zero-order chi connectivity index (χ0) is 14.0. The highest BCUT2D eigenvalue weighted by molar-refractivity contribution is 7.09. The van der Waals surface area contributed by atoms with Crippen molar-refractivity contribution in [3.63, 3.8) is 0 Å². The Morgan fingerprint density at radius 2 is 2.00 bits per heavy atom. The Hall–Kier alpha value is -0.410. The molecule has 2 atom stereocenters. The van der Waals surface area contributed by atoms with Gasteiger partial charge in [0, 0.05) is 5.38 Å². The molecule has 2 rings (SSSR count). The van der Waals surface area contributed by atoms with Gasteiger partial charge in [0.2, 0.25) is 0 Å². The summed E-state index contributed by atoms with van der Waals surface area (Å²) in [5, 5.41) is 7.34. The highest BCUT2D eigenvalue weighted by Gasteiger charge is 2.40. The second-order valence-electron chi connectivity index (χ2n) is 6.70. The third kappa shape index (κ3) is 3.19. The molecule has 1 aliphatic carbocycles. The van der Waals surface area contributed by atoms with Gasteiger partial charge in [0.1, 0.15) is 5.01 Å². The van der Waals surface area contributed by atoms with Crippen molar-refractivity contribution in [2.75, 3.05) is 6.54 Å². The Kier molecular flexibility index (Phi) is 4.67. The van der Waals surface area contributed by atoms with Crippen LogP contribution in [0, 0.1) is 11.8 Å². The van der Waals surface area contributed by atoms with E-state index in [2.05, 4.69) is 45.3 Å². The lowest BCUT2D eigenvalue weighted by atomic mass is 9.72. The van der Waals surface area contributed by atoms with E-state index in [1.165, 1.54) is 30.0 Å². The first-order valence-corrected chi connectivity index (χ1v) is 8.55. The summed E-state index contributed by atoms with van der Waals surface area (Å²) < 4.78 is 0. The minimum absolute atomic E-state index is 0.129. The van der Waals surface area contributed by atoms with Crippen LogP contribution in [0.15, 0.2) is 5.38 Å². The first-order chi connectivity index (χ1) is 8.97. The van der Waals surface area contributed by atoms with E-state index in [0.717, 1.165) is 18.4 Å². The normalized spacial score (nSPS) is 31.9. The molecule has 0 radical (unpaired) electrons. The van der Waals surface area contributed by atoms with Crippen LogP contribution in [0.25, 0.3) is 0 Å². The van der Waals surface area contributed by atoms with Crippen molar-refractivity contribution in [2.24, 2.45) is 11.8 Å². The molecule has 0 aliphatic heterocycles. The van der Waals surface area contributed by atoms with Crippen LogP contribution in [0.4, 0.5) is 0 Å². The van der Waals surface area contributed by atoms with E-state index in [-0.39, 0.29) is 5.54 Å². The molecule has 3 heteroatoms. The molecule has 0 saturated heterocycles. The summed E-state index contributed by atoms with van der Waals surface area (Å²) in [5.41, 5.74) is 1.38. The maximum Gasteiger partial charge on any atom is 0.113 e. The molecule has 1 N–H and O–H groups in total. The van der Waals surface area contributed by atoms with Crippen molar-refractivity contribution < 1.29 is 0 Å². The predicted octanol–water partition coefficient (Wildman–Crippen LogP) is 4.53. The summed E-state index contributed by atoms with van der Waals surface area (Å²) in [6.07, 6.45) is 3.82. The Bertz CT molecular complexity index is 401. The molecule has 2 unspecified atom stereocenters. The van der Waals surface area contributed by atoms with Gasteiger partial charge >= 0.3 is 0 Å². The van der Waals surface area contributed by atoms with Crippen molar-refractivity contribution >= 4 is 11.3 Å². The fraction of sp³-hybridized carbons (Fsp3) is 0.812. The van der Waals surface area contributed by atoms with Crippen LogP contribution in [-0.2, 0) is 5.54 Å². The molecule has 19 heavy (non-hydrogen) atoms. The largest absolute Gasteiger partial charge is 0.306 e. The van der Waals surface area contributed by atoms with Gasteiger partial charge in [-0.25, -0.2) is 4.98 Å². The standard InChI is InChI=1S/C16H28N2S/c1-6-17-16(8-12(4)7-13(5)9-16)15-18-14(10-19-15)11(2)3/h10-13,17H,6-9H2,1-5H3. The fourth-order valence-corrected chi connectivity index (χ4v) is 4.81. The lowest BCUT2D eigenvalue weighted by Gasteiger charge is -2.42. The van der Waals surface area contributed by atoms with Crippen molar-refractivity contribution in [2.45, 2.75) is 65.3 Å². The molecular weight excluding hydrogens is 252 g/mol. The number of aromatic nitrogens is 1. The molecular formula is C16H28N2S. The highest BCUT2D eigenvalue weighted by atomic mass is 32.1. The van der Waals surface area contributed by atoms with Crippen LogP contribution < -0.4 is 5.32 Å². The van der Waals surface area contributed by atoms with Gasteiger partial charge in [-0.2, -0.15) is 0 Å².